The van der Waals surface area contributed by atoms with E-state index in [4.69, 9.17) is 21.1 Å². The molecule has 0 spiro atoms. The molecule has 1 aromatic heterocycles. The molecule has 0 unspecified atom stereocenters. The summed E-state index contributed by atoms with van der Waals surface area (Å²) < 4.78 is 10.4. The zero-order valence-corrected chi connectivity index (χ0v) is 12.4. The molecule has 3 nitrogen and oxygen atoms in total. The summed E-state index contributed by atoms with van der Waals surface area (Å²) in [6, 6.07) is 3.34. The van der Waals surface area contributed by atoms with Crippen LogP contribution in [0, 0.1) is 6.92 Å². The van der Waals surface area contributed by atoms with Crippen LogP contribution in [-0.2, 0) is 0 Å². The SMILES string of the molecule is COc1ccc(C(=O)c2cscc2C)c(OC)c1Cl. The number of hydrogen-bond acceptors (Lipinski definition) is 4. The second-order valence-electron chi connectivity index (χ2n) is 3.96. The highest BCUT2D eigenvalue weighted by Gasteiger charge is 2.21. The van der Waals surface area contributed by atoms with Crippen molar-refractivity contribution in [2.75, 3.05) is 14.2 Å². The van der Waals surface area contributed by atoms with E-state index < -0.39 is 0 Å². The molecule has 0 aliphatic rings. The predicted octanol–water partition coefficient (Wildman–Crippen LogP) is 3.96. The lowest BCUT2D eigenvalue weighted by Gasteiger charge is -2.12. The van der Waals surface area contributed by atoms with E-state index in [1.807, 2.05) is 17.7 Å². The molecule has 0 atom stereocenters. The van der Waals surface area contributed by atoms with Crippen LogP contribution in [0.25, 0.3) is 0 Å². The fourth-order valence-electron chi connectivity index (χ4n) is 1.81. The molecule has 19 heavy (non-hydrogen) atoms. The summed E-state index contributed by atoms with van der Waals surface area (Å²) in [7, 11) is 3.00. The fraction of sp³-hybridized carbons (Fsp3) is 0.214. The van der Waals surface area contributed by atoms with Crippen molar-refractivity contribution in [1.82, 2.24) is 0 Å². The van der Waals surface area contributed by atoms with E-state index in [-0.39, 0.29) is 5.78 Å². The minimum absolute atomic E-state index is 0.0971. The highest BCUT2D eigenvalue weighted by atomic mass is 35.5. The normalized spacial score (nSPS) is 10.3. The monoisotopic (exact) mass is 296 g/mol. The molecule has 0 saturated heterocycles. The maximum atomic E-state index is 12.5. The van der Waals surface area contributed by atoms with Crippen molar-refractivity contribution < 1.29 is 14.3 Å². The van der Waals surface area contributed by atoms with Crippen LogP contribution in [0.1, 0.15) is 21.5 Å². The van der Waals surface area contributed by atoms with Gasteiger partial charge in [-0.05, 0) is 30.0 Å². The van der Waals surface area contributed by atoms with Gasteiger partial charge >= 0.3 is 0 Å². The molecule has 100 valence electrons. The molecular formula is C14H13ClO3S. The van der Waals surface area contributed by atoms with Crippen LogP contribution in [0.5, 0.6) is 11.5 Å². The highest BCUT2D eigenvalue weighted by molar-refractivity contribution is 7.08. The number of benzene rings is 1. The van der Waals surface area contributed by atoms with Crippen molar-refractivity contribution >= 4 is 28.7 Å². The number of carbonyl (C=O) groups is 1. The largest absolute Gasteiger partial charge is 0.495 e. The molecule has 5 heteroatoms. The Hall–Kier alpha value is -1.52. The van der Waals surface area contributed by atoms with E-state index in [1.54, 1.807) is 12.1 Å². The van der Waals surface area contributed by atoms with E-state index in [0.717, 1.165) is 5.56 Å². The van der Waals surface area contributed by atoms with Gasteiger partial charge in [-0.2, -0.15) is 11.3 Å². The number of carbonyl (C=O) groups excluding carboxylic acids is 1. The van der Waals surface area contributed by atoms with E-state index in [0.29, 0.717) is 27.6 Å². The third kappa shape index (κ3) is 2.46. The van der Waals surface area contributed by atoms with Crippen molar-refractivity contribution in [3.05, 3.63) is 44.6 Å². The molecule has 0 N–H and O–H groups in total. The van der Waals surface area contributed by atoms with Gasteiger partial charge in [0.05, 0.1) is 19.8 Å². The third-order valence-electron chi connectivity index (χ3n) is 2.83. The number of thiophene rings is 1. The van der Waals surface area contributed by atoms with Gasteiger partial charge in [-0.25, -0.2) is 0 Å². The first-order chi connectivity index (χ1) is 9.10. The van der Waals surface area contributed by atoms with Gasteiger partial charge in [0.2, 0.25) is 0 Å². The summed E-state index contributed by atoms with van der Waals surface area (Å²) in [4.78, 5) is 12.5. The Bertz CT molecular complexity index is 619. The smallest absolute Gasteiger partial charge is 0.197 e. The summed E-state index contributed by atoms with van der Waals surface area (Å²) in [5.74, 6) is 0.730. The Balaban J connectivity index is 2.54. The summed E-state index contributed by atoms with van der Waals surface area (Å²) in [5, 5.41) is 4.07. The molecule has 2 rings (SSSR count). The average molecular weight is 297 g/mol. The maximum absolute atomic E-state index is 12.5. The summed E-state index contributed by atoms with van der Waals surface area (Å²) in [6.07, 6.45) is 0. The molecule has 0 radical (unpaired) electrons. The minimum Gasteiger partial charge on any atom is -0.495 e. The van der Waals surface area contributed by atoms with Crippen molar-refractivity contribution in [3.63, 3.8) is 0 Å². The molecule has 1 heterocycles. The second kappa shape index (κ2) is 5.63. The Morgan fingerprint density at radius 1 is 1.16 bits per heavy atom. The molecule has 0 bridgehead atoms. The van der Waals surface area contributed by atoms with Crippen LogP contribution < -0.4 is 9.47 Å². The van der Waals surface area contributed by atoms with Gasteiger partial charge in [-0.3, -0.25) is 4.79 Å². The lowest BCUT2D eigenvalue weighted by Crippen LogP contribution is -2.05. The number of halogens is 1. The Labute approximate surface area is 120 Å². The lowest BCUT2D eigenvalue weighted by atomic mass is 10.0. The van der Waals surface area contributed by atoms with Crippen LogP contribution in [0.4, 0.5) is 0 Å². The first kappa shape index (κ1) is 13.9. The number of rotatable bonds is 4. The zero-order chi connectivity index (χ0) is 14.0. The minimum atomic E-state index is -0.0971. The van der Waals surface area contributed by atoms with E-state index in [1.165, 1.54) is 25.6 Å². The molecule has 0 aliphatic heterocycles. The lowest BCUT2D eigenvalue weighted by molar-refractivity contribution is 0.103. The quantitative estimate of drug-likeness (QED) is 0.801. The Morgan fingerprint density at radius 3 is 2.42 bits per heavy atom. The number of hydrogen-bond donors (Lipinski definition) is 0. The summed E-state index contributed by atoms with van der Waals surface area (Å²) in [5.41, 5.74) is 2.06. The van der Waals surface area contributed by atoms with Gasteiger partial charge in [-0.1, -0.05) is 11.6 Å². The highest BCUT2D eigenvalue weighted by Crippen LogP contribution is 2.38. The van der Waals surface area contributed by atoms with Crippen LogP contribution in [-0.4, -0.2) is 20.0 Å². The Kier molecular flexibility index (Phi) is 4.12. The topological polar surface area (TPSA) is 35.5 Å². The van der Waals surface area contributed by atoms with Crippen molar-refractivity contribution in [1.29, 1.82) is 0 Å². The second-order valence-corrected chi connectivity index (χ2v) is 5.08. The maximum Gasteiger partial charge on any atom is 0.197 e. The molecular weight excluding hydrogens is 284 g/mol. The summed E-state index contributed by atoms with van der Waals surface area (Å²) in [6.45, 7) is 1.90. The molecule has 0 fully saturated rings. The Morgan fingerprint density at radius 2 is 1.89 bits per heavy atom. The first-order valence-electron chi connectivity index (χ1n) is 5.58. The van der Waals surface area contributed by atoms with Crippen LogP contribution in [0.3, 0.4) is 0 Å². The van der Waals surface area contributed by atoms with Crippen LogP contribution >= 0.6 is 22.9 Å². The number of aryl methyl sites for hydroxylation is 1. The number of ketones is 1. The number of ether oxygens (including phenoxy) is 2. The first-order valence-corrected chi connectivity index (χ1v) is 6.90. The van der Waals surface area contributed by atoms with E-state index in [9.17, 15) is 4.79 Å². The van der Waals surface area contributed by atoms with Crippen molar-refractivity contribution in [2.45, 2.75) is 6.92 Å². The number of methoxy groups -OCH3 is 2. The van der Waals surface area contributed by atoms with Gasteiger partial charge < -0.3 is 9.47 Å². The molecule has 0 aliphatic carbocycles. The van der Waals surface area contributed by atoms with Gasteiger partial charge in [-0.15, -0.1) is 0 Å². The zero-order valence-electron chi connectivity index (χ0n) is 10.8. The third-order valence-corrected chi connectivity index (χ3v) is 4.05. The predicted molar refractivity (Wildman–Crippen MR) is 77.0 cm³/mol. The van der Waals surface area contributed by atoms with Gasteiger partial charge in [0.15, 0.2) is 11.5 Å². The van der Waals surface area contributed by atoms with Gasteiger partial charge in [0, 0.05) is 10.9 Å². The van der Waals surface area contributed by atoms with Gasteiger partial charge in [0.1, 0.15) is 10.8 Å². The average Bonchev–Trinajstić information content (AvgIpc) is 2.83. The molecule has 2 aromatic rings. The summed E-state index contributed by atoms with van der Waals surface area (Å²) >= 11 is 7.66. The van der Waals surface area contributed by atoms with Crippen LogP contribution in [0.2, 0.25) is 5.02 Å². The van der Waals surface area contributed by atoms with E-state index in [2.05, 4.69) is 0 Å². The molecule has 1 aromatic carbocycles. The van der Waals surface area contributed by atoms with Gasteiger partial charge in [0.25, 0.3) is 0 Å². The fourth-order valence-corrected chi connectivity index (χ4v) is 2.96. The van der Waals surface area contributed by atoms with E-state index >= 15 is 0 Å². The van der Waals surface area contributed by atoms with Crippen molar-refractivity contribution in [3.8, 4) is 11.5 Å². The van der Waals surface area contributed by atoms with Crippen molar-refractivity contribution in [2.24, 2.45) is 0 Å². The molecule has 0 saturated carbocycles. The standard InChI is InChI=1S/C14H13ClO3S/c1-8-6-19-7-10(8)13(16)9-4-5-11(17-2)12(15)14(9)18-3/h4-7H,1-3H3. The molecule has 0 amide bonds. The van der Waals surface area contributed by atoms with Crippen LogP contribution in [0.15, 0.2) is 22.9 Å².